The Hall–Kier alpha value is -3.09. The zero-order valence-electron chi connectivity index (χ0n) is 17.2. The zero-order chi connectivity index (χ0) is 21.3. The number of benzene rings is 1. The molecule has 1 saturated carbocycles. The molecule has 4 rings (SSSR count). The van der Waals surface area contributed by atoms with Gasteiger partial charge in [-0.25, -0.2) is 9.59 Å². The van der Waals surface area contributed by atoms with E-state index in [1.54, 1.807) is 6.20 Å². The normalized spacial score (nSPS) is 25.6. The van der Waals surface area contributed by atoms with Gasteiger partial charge in [0, 0.05) is 18.3 Å². The standard InChI is InChI=1S/C23H27N3O4/c1-23(2)20(15-6-4-3-5-7-15)26(22(29)30-23)17-10-8-16(9-11-17)25-19-14-24-13-12-18(19)21(27)28/h3-7,12-14,16-17,20,25H,8-11H2,1-2H3,(H,27,28)/t16?,17?,20-/m0/s1. The molecule has 0 bridgehead atoms. The van der Waals surface area contributed by atoms with Gasteiger partial charge in [0.25, 0.3) is 0 Å². The Kier molecular flexibility index (Phi) is 5.37. The van der Waals surface area contributed by atoms with Crippen LogP contribution in [0.1, 0.15) is 61.5 Å². The topological polar surface area (TPSA) is 91.8 Å². The molecule has 2 fully saturated rings. The van der Waals surface area contributed by atoms with Crippen molar-refractivity contribution in [1.82, 2.24) is 9.88 Å². The second-order valence-electron chi connectivity index (χ2n) is 8.57. The van der Waals surface area contributed by atoms with Crippen molar-refractivity contribution in [3.63, 3.8) is 0 Å². The molecule has 0 radical (unpaired) electrons. The van der Waals surface area contributed by atoms with Crippen LogP contribution in [0.15, 0.2) is 48.8 Å². The Balaban J connectivity index is 1.47. The number of cyclic esters (lactones) is 1. The van der Waals surface area contributed by atoms with Gasteiger partial charge in [0.05, 0.1) is 23.5 Å². The number of carbonyl (C=O) groups is 2. The number of amides is 1. The van der Waals surface area contributed by atoms with Gasteiger partial charge in [-0.15, -0.1) is 0 Å². The van der Waals surface area contributed by atoms with Crippen LogP contribution in [0.2, 0.25) is 0 Å². The molecule has 7 heteroatoms. The number of pyridine rings is 1. The lowest BCUT2D eigenvalue weighted by Crippen LogP contribution is -2.44. The second-order valence-corrected chi connectivity index (χ2v) is 8.57. The first-order valence-electron chi connectivity index (χ1n) is 10.4. The number of carbonyl (C=O) groups excluding carboxylic acids is 1. The van der Waals surface area contributed by atoms with Crippen molar-refractivity contribution < 1.29 is 19.4 Å². The lowest BCUT2D eigenvalue weighted by molar-refractivity contribution is 0.0662. The van der Waals surface area contributed by atoms with E-state index in [1.165, 1.54) is 12.3 Å². The van der Waals surface area contributed by atoms with Gasteiger partial charge in [-0.3, -0.25) is 9.88 Å². The summed E-state index contributed by atoms with van der Waals surface area (Å²) in [6, 6.07) is 11.7. The van der Waals surface area contributed by atoms with Crippen LogP contribution in [0.3, 0.4) is 0 Å². The van der Waals surface area contributed by atoms with E-state index in [2.05, 4.69) is 10.3 Å². The summed E-state index contributed by atoms with van der Waals surface area (Å²) in [6.07, 6.45) is 6.11. The Morgan fingerprint density at radius 3 is 2.53 bits per heavy atom. The molecule has 158 valence electrons. The number of carboxylic acids is 1. The Morgan fingerprint density at radius 1 is 1.17 bits per heavy atom. The first-order valence-corrected chi connectivity index (χ1v) is 10.4. The summed E-state index contributed by atoms with van der Waals surface area (Å²) in [5.74, 6) is -0.971. The lowest BCUT2D eigenvalue weighted by Gasteiger charge is -2.38. The van der Waals surface area contributed by atoms with E-state index in [1.807, 2.05) is 49.1 Å². The van der Waals surface area contributed by atoms with Gasteiger partial charge in [0.15, 0.2) is 0 Å². The van der Waals surface area contributed by atoms with Crippen LogP contribution in [0.25, 0.3) is 0 Å². The first-order chi connectivity index (χ1) is 14.4. The Bertz CT molecular complexity index is 923. The molecule has 2 N–H and O–H groups in total. The largest absolute Gasteiger partial charge is 0.478 e. The fraction of sp³-hybridized carbons (Fsp3) is 0.435. The van der Waals surface area contributed by atoms with Gasteiger partial charge >= 0.3 is 12.1 Å². The van der Waals surface area contributed by atoms with Crippen molar-refractivity contribution in [2.75, 3.05) is 5.32 Å². The number of rotatable bonds is 5. The molecular formula is C23H27N3O4. The third-order valence-corrected chi connectivity index (χ3v) is 6.11. The molecule has 1 aromatic carbocycles. The highest BCUT2D eigenvalue weighted by Crippen LogP contribution is 2.44. The fourth-order valence-electron chi connectivity index (χ4n) is 4.75. The van der Waals surface area contributed by atoms with Crippen molar-refractivity contribution >= 4 is 17.7 Å². The summed E-state index contributed by atoms with van der Waals surface area (Å²) in [6.45, 7) is 3.93. The third kappa shape index (κ3) is 3.84. The number of hydrogen-bond donors (Lipinski definition) is 2. The van der Waals surface area contributed by atoms with Gasteiger partial charge in [-0.05, 0) is 51.2 Å². The Morgan fingerprint density at radius 2 is 1.87 bits per heavy atom. The van der Waals surface area contributed by atoms with Crippen molar-refractivity contribution in [1.29, 1.82) is 0 Å². The van der Waals surface area contributed by atoms with E-state index >= 15 is 0 Å². The summed E-state index contributed by atoms with van der Waals surface area (Å²) in [5.41, 5.74) is 1.24. The average Bonchev–Trinajstić information content (AvgIpc) is 2.97. The number of carboxylic acid groups (broad SMARTS) is 1. The maximum Gasteiger partial charge on any atom is 0.411 e. The molecule has 0 unspecified atom stereocenters. The maximum atomic E-state index is 12.8. The summed E-state index contributed by atoms with van der Waals surface area (Å²) < 4.78 is 5.74. The van der Waals surface area contributed by atoms with Crippen LogP contribution in [0.4, 0.5) is 10.5 Å². The summed E-state index contributed by atoms with van der Waals surface area (Å²) in [7, 11) is 0. The van der Waals surface area contributed by atoms with Gasteiger partial charge < -0.3 is 15.2 Å². The second kappa shape index (κ2) is 7.97. The van der Waals surface area contributed by atoms with E-state index in [4.69, 9.17) is 4.74 Å². The average molecular weight is 409 g/mol. The number of nitrogens with zero attached hydrogens (tertiary/aromatic N) is 2. The highest BCUT2D eigenvalue weighted by molar-refractivity contribution is 5.93. The van der Waals surface area contributed by atoms with Crippen LogP contribution >= 0.6 is 0 Å². The molecule has 2 aliphatic rings. The van der Waals surface area contributed by atoms with E-state index in [-0.39, 0.29) is 29.8 Å². The molecule has 1 aromatic heterocycles. The van der Waals surface area contributed by atoms with Gasteiger partial charge in [0.2, 0.25) is 0 Å². The lowest BCUT2D eigenvalue weighted by atomic mass is 9.86. The monoisotopic (exact) mass is 409 g/mol. The van der Waals surface area contributed by atoms with Crippen LogP contribution in [0, 0.1) is 0 Å². The van der Waals surface area contributed by atoms with E-state index in [9.17, 15) is 14.7 Å². The van der Waals surface area contributed by atoms with Crippen LogP contribution < -0.4 is 5.32 Å². The van der Waals surface area contributed by atoms with E-state index in [0.29, 0.717) is 5.69 Å². The molecular weight excluding hydrogens is 382 g/mol. The van der Waals surface area contributed by atoms with Crippen molar-refractivity contribution in [3.8, 4) is 0 Å². The predicted octanol–water partition coefficient (Wildman–Crippen LogP) is 4.48. The van der Waals surface area contributed by atoms with Crippen LogP contribution in [-0.4, -0.2) is 44.7 Å². The highest BCUT2D eigenvalue weighted by atomic mass is 16.6. The van der Waals surface area contributed by atoms with Crippen molar-refractivity contribution in [3.05, 3.63) is 59.9 Å². The Labute approximate surface area is 176 Å². The quantitative estimate of drug-likeness (QED) is 0.757. The molecule has 1 aliphatic heterocycles. The third-order valence-electron chi connectivity index (χ3n) is 6.11. The van der Waals surface area contributed by atoms with E-state index in [0.717, 1.165) is 31.2 Å². The molecule has 1 aliphatic carbocycles. The minimum absolute atomic E-state index is 0.0929. The minimum atomic E-state index is -0.971. The molecule has 1 atom stereocenters. The number of hydrogen-bond acceptors (Lipinski definition) is 5. The SMILES string of the molecule is CC1(C)OC(=O)N(C2CCC(Nc3cnccc3C(=O)O)CC2)[C@H]1c1ccccc1. The smallest absolute Gasteiger partial charge is 0.411 e. The van der Waals surface area contributed by atoms with Crippen LogP contribution in [-0.2, 0) is 4.74 Å². The summed E-state index contributed by atoms with van der Waals surface area (Å²) in [5, 5.41) is 12.7. The van der Waals surface area contributed by atoms with Crippen LogP contribution in [0.5, 0.6) is 0 Å². The molecule has 2 heterocycles. The minimum Gasteiger partial charge on any atom is -0.478 e. The molecule has 1 saturated heterocycles. The molecule has 1 amide bonds. The van der Waals surface area contributed by atoms with E-state index < -0.39 is 11.6 Å². The number of aromatic carboxylic acids is 1. The molecule has 2 aromatic rings. The van der Waals surface area contributed by atoms with Gasteiger partial charge in [0.1, 0.15) is 5.60 Å². The van der Waals surface area contributed by atoms with Crippen molar-refractivity contribution in [2.24, 2.45) is 0 Å². The van der Waals surface area contributed by atoms with Crippen molar-refractivity contribution in [2.45, 2.75) is 63.3 Å². The summed E-state index contributed by atoms with van der Waals surface area (Å²) >= 11 is 0. The highest BCUT2D eigenvalue weighted by Gasteiger charge is 2.51. The van der Waals surface area contributed by atoms with Gasteiger partial charge in [-0.2, -0.15) is 0 Å². The predicted molar refractivity (Wildman–Crippen MR) is 112 cm³/mol. The fourth-order valence-corrected chi connectivity index (χ4v) is 4.75. The first kappa shape index (κ1) is 20.2. The molecule has 30 heavy (non-hydrogen) atoms. The molecule has 7 nitrogen and oxygen atoms in total. The number of ether oxygens (including phenoxy) is 1. The summed E-state index contributed by atoms with van der Waals surface area (Å²) in [4.78, 5) is 30.2. The van der Waals surface area contributed by atoms with Gasteiger partial charge in [-0.1, -0.05) is 30.3 Å². The number of anilines is 1. The maximum absolute atomic E-state index is 12.8. The molecule has 0 spiro atoms. The zero-order valence-corrected chi connectivity index (χ0v) is 17.2. The number of aromatic nitrogens is 1. The number of nitrogens with one attached hydrogen (secondary N) is 1.